The van der Waals surface area contributed by atoms with Gasteiger partial charge in [-0.1, -0.05) is 30.9 Å². The molecule has 6 heteroatoms. The number of hydrogen-bond donors (Lipinski definition) is 2. The van der Waals surface area contributed by atoms with Gasteiger partial charge in [-0.25, -0.2) is 8.78 Å². The summed E-state index contributed by atoms with van der Waals surface area (Å²) in [6.45, 7) is 0. The van der Waals surface area contributed by atoms with E-state index in [1.54, 1.807) is 0 Å². The summed E-state index contributed by atoms with van der Waals surface area (Å²) in [6.07, 6.45) is 4.41. The molecule has 3 N–H and O–H groups in total. The third-order valence-electron chi connectivity index (χ3n) is 3.66. The van der Waals surface area contributed by atoms with Gasteiger partial charge < -0.3 is 11.1 Å². The van der Waals surface area contributed by atoms with Crippen molar-refractivity contribution in [3.8, 4) is 0 Å². The standard InChI is InChI=1S/C14H17ClF2N2O/c15-10-6-8(16)7-11(17)13(10)19-14(20)9-4-2-1-3-5-12(9)18/h6-7,9,12H,1-5,18H2,(H,19,20). The first-order valence-electron chi connectivity index (χ1n) is 6.70. The Balaban J connectivity index is 2.15. The molecule has 0 aliphatic heterocycles. The van der Waals surface area contributed by atoms with E-state index < -0.39 is 11.6 Å². The summed E-state index contributed by atoms with van der Waals surface area (Å²) in [5, 5.41) is 2.29. The number of nitrogens with one attached hydrogen (secondary N) is 1. The molecule has 1 aromatic rings. The van der Waals surface area contributed by atoms with Crippen molar-refractivity contribution in [3.05, 3.63) is 28.8 Å². The molecule has 1 aliphatic carbocycles. The van der Waals surface area contributed by atoms with Crippen LogP contribution in [0.3, 0.4) is 0 Å². The molecule has 0 radical (unpaired) electrons. The summed E-state index contributed by atoms with van der Waals surface area (Å²) in [5.41, 5.74) is 5.80. The number of carbonyl (C=O) groups is 1. The quantitative estimate of drug-likeness (QED) is 0.822. The Morgan fingerprint density at radius 1 is 1.25 bits per heavy atom. The minimum atomic E-state index is -0.884. The zero-order chi connectivity index (χ0) is 14.7. The van der Waals surface area contributed by atoms with Crippen molar-refractivity contribution < 1.29 is 13.6 Å². The molecule has 1 fully saturated rings. The van der Waals surface area contributed by atoms with Crippen LogP contribution in [0, 0.1) is 17.6 Å². The van der Waals surface area contributed by atoms with Crippen molar-refractivity contribution >= 4 is 23.2 Å². The van der Waals surface area contributed by atoms with Crippen LogP contribution in [0.25, 0.3) is 0 Å². The molecule has 0 saturated heterocycles. The Morgan fingerprint density at radius 2 is 1.95 bits per heavy atom. The fraction of sp³-hybridized carbons (Fsp3) is 0.500. The highest BCUT2D eigenvalue weighted by molar-refractivity contribution is 6.33. The van der Waals surface area contributed by atoms with Crippen LogP contribution in [0.5, 0.6) is 0 Å². The smallest absolute Gasteiger partial charge is 0.229 e. The summed E-state index contributed by atoms with van der Waals surface area (Å²) >= 11 is 5.76. The molecule has 0 aromatic heterocycles. The Morgan fingerprint density at radius 3 is 2.65 bits per heavy atom. The van der Waals surface area contributed by atoms with Gasteiger partial charge in [0.1, 0.15) is 5.82 Å². The molecule has 2 unspecified atom stereocenters. The maximum absolute atomic E-state index is 13.6. The number of nitrogens with two attached hydrogens (primary N) is 1. The molecular weight excluding hydrogens is 286 g/mol. The van der Waals surface area contributed by atoms with Crippen LogP contribution in [0.1, 0.15) is 32.1 Å². The minimum Gasteiger partial charge on any atom is -0.327 e. The zero-order valence-corrected chi connectivity index (χ0v) is 11.7. The highest BCUT2D eigenvalue weighted by Gasteiger charge is 2.28. The lowest BCUT2D eigenvalue weighted by Gasteiger charge is -2.21. The number of halogens is 3. The number of hydrogen-bond acceptors (Lipinski definition) is 2. The first-order chi connectivity index (χ1) is 9.49. The van der Waals surface area contributed by atoms with Gasteiger partial charge in [0, 0.05) is 12.1 Å². The van der Waals surface area contributed by atoms with Crippen molar-refractivity contribution in [3.63, 3.8) is 0 Å². The van der Waals surface area contributed by atoms with E-state index in [1.807, 2.05) is 0 Å². The second-order valence-corrected chi connectivity index (χ2v) is 5.55. The van der Waals surface area contributed by atoms with Crippen molar-refractivity contribution in [2.24, 2.45) is 11.7 Å². The summed E-state index contributed by atoms with van der Waals surface area (Å²) in [7, 11) is 0. The van der Waals surface area contributed by atoms with Crippen LogP contribution in [-0.2, 0) is 4.79 Å². The van der Waals surface area contributed by atoms with Crippen LogP contribution < -0.4 is 11.1 Å². The Labute approximate surface area is 121 Å². The molecule has 1 aromatic carbocycles. The number of anilines is 1. The predicted molar refractivity (Wildman–Crippen MR) is 74.5 cm³/mol. The first kappa shape index (κ1) is 15.2. The lowest BCUT2D eigenvalue weighted by Crippen LogP contribution is -2.38. The molecule has 0 heterocycles. The lowest BCUT2D eigenvalue weighted by atomic mass is 9.94. The monoisotopic (exact) mass is 302 g/mol. The molecule has 0 bridgehead atoms. The van der Waals surface area contributed by atoms with Gasteiger partial charge in [-0.2, -0.15) is 0 Å². The molecule has 2 atom stereocenters. The normalized spacial score (nSPS) is 23.2. The van der Waals surface area contributed by atoms with E-state index in [1.165, 1.54) is 0 Å². The zero-order valence-electron chi connectivity index (χ0n) is 11.0. The predicted octanol–water partition coefficient (Wildman–Crippen LogP) is 3.46. The maximum atomic E-state index is 13.6. The molecule has 2 rings (SSSR count). The Kier molecular flexibility index (Phi) is 4.94. The van der Waals surface area contributed by atoms with E-state index >= 15 is 0 Å². The topological polar surface area (TPSA) is 55.1 Å². The van der Waals surface area contributed by atoms with E-state index in [-0.39, 0.29) is 28.6 Å². The molecule has 1 amide bonds. The fourth-order valence-corrected chi connectivity index (χ4v) is 2.78. The van der Waals surface area contributed by atoms with Crippen molar-refractivity contribution in [2.45, 2.75) is 38.1 Å². The highest BCUT2D eigenvalue weighted by Crippen LogP contribution is 2.29. The lowest BCUT2D eigenvalue weighted by molar-refractivity contribution is -0.120. The Bertz CT molecular complexity index is 487. The minimum absolute atomic E-state index is 0.155. The van der Waals surface area contributed by atoms with Crippen LogP contribution in [0.4, 0.5) is 14.5 Å². The van der Waals surface area contributed by atoms with E-state index in [0.29, 0.717) is 12.5 Å². The number of benzene rings is 1. The van der Waals surface area contributed by atoms with Crippen LogP contribution in [0.15, 0.2) is 12.1 Å². The summed E-state index contributed by atoms with van der Waals surface area (Å²) in [6, 6.07) is 1.42. The molecule has 3 nitrogen and oxygen atoms in total. The van der Waals surface area contributed by atoms with Gasteiger partial charge in [0.15, 0.2) is 5.82 Å². The van der Waals surface area contributed by atoms with Crippen molar-refractivity contribution in [2.75, 3.05) is 5.32 Å². The van der Waals surface area contributed by atoms with Gasteiger partial charge in [0.25, 0.3) is 0 Å². The number of amides is 1. The Hall–Kier alpha value is -1.20. The third kappa shape index (κ3) is 3.46. The highest BCUT2D eigenvalue weighted by atomic mass is 35.5. The van der Waals surface area contributed by atoms with Gasteiger partial charge in [-0.05, 0) is 18.9 Å². The number of rotatable bonds is 2. The average Bonchev–Trinajstić information content (AvgIpc) is 2.58. The summed E-state index contributed by atoms with van der Waals surface area (Å²) in [4.78, 5) is 12.2. The van der Waals surface area contributed by atoms with Crippen molar-refractivity contribution in [1.82, 2.24) is 0 Å². The molecule has 110 valence electrons. The fourth-order valence-electron chi connectivity index (χ4n) is 2.54. The maximum Gasteiger partial charge on any atom is 0.229 e. The van der Waals surface area contributed by atoms with E-state index in [4.69, 9.17) is 17.3 Å². The second kappa shape index (κ2) is 6.50. The van der Waals surface area contributed by atoms with Gasteiger partial charge in [0.05, 0.1) is 16.6 Å². The number of carbonyl (C=O) groups excluding carboxylic acids is 1. The molecular formula is C14H17ClF2N2O. The van der Waals surface area contributed by atoms with E-state index in [9.17, 15) is 13.6 Å². The second-order valence-electron chi connectivity index (χ2n) is 5.14. The van der Waals surface area contributed by atoms with E-state index in [2.05, 4.69) is 5.32 Å². The van der Waals surface area contributed by atoms with Crippen LogP contribution in [-0.4, -0.2) is 11.9 Å². The average molecular weight is 303 g/mol. The summed E-state index contributed by atoms with van der Waals surface area (Å²) < 4.78 is 26.6. The summed E-state index contributed by atoms with van der Waals surface area (Å²) in [5.74, 6) is -2.38. The molecule has 1 aliphatic rings. The largest absolute Gasteiger partial charge is 0.327 e. The SMILES string of the molecule is NC1CCCCCC1C(=O)Nc1c(F)cc(F)cc1Cl. The van der Waals surface area contributed by atoms with Gasteiger partial charge in [-0.3, -0.25) is 4.79 Å². The van der Waals surface area contributed by atoms with Crippen molar-refractivity contribution in [1.29, 1.82) is 0 Å². The van der Waals surface area contributed by atoms with Gasteiger partial charge in [0.2, 0.25) is 5.91 Å². The van der Waals surface area contributed by atoms with Gasteiger partial charge in [-0.15, -0.1) is 0 Å². The third-order valence-corrected chi connectivity index (χ3v) is 3.96. The van der Waals surface area contributed by atoms with Crippen LogP contribution >= 0.6 is 11.6 Å². The van der Waals surface area contributed by atoms with E-state index in [0.717, 1.165) is 31.7 Å². The molecule has 0 spiro atoms. The van der Waals surface area contributed by atoms with Gasteiger partial charge >= 0.3 is 0 Å². The molecule has 20 heavy (non-hydrogen) atoms. The molecule has 1 saturated carbocycles. The van der Waals surface area contributed by atoms with Crippen LogP contribution in [0.2, 0.25) is 5.02 Å². The first-order valence-corrected chi connectivity index (χ1v) is 7.08.